The molecule has 1 aliphatic carbocycles. The normalized spacial score (nSPS) is 24.7. The van der Waals surface area contributed by atoms with Gasteiger partial charge in [0, 0.05) is 30.5 Å². The maximum absolute atomic E-state index is 11.4. The van der Waals surface area contributed by atoms with Gasteiger partial charge < -0.3 is 9.84 Å². The number of piperidine rings is 2. The van der Waals surface area contributed by atoms with Gasteiger partial charge in [0.05, 0.1) is 17.4 Å². The number of halogens is 1. The molecule has 0 radical (unpaired) electrons. The quantitative estimate of drug-likeness (QED) is 0.670. The molecule has 5 heterocycles. The van der Waals surface area contributed by atoms with Crippen molar-refractivity contribution in [3.63, 3.8) is 0 Å². The summed E-state index contributed by atoms with van der Waals surface area (Å²) in [5, 5.41) is 20.4. The van der Waals surface area contributed by atoms with Gasteiger partial charge in [-0.05, 0) is 50.3 Å². The Labute approximate surface area is 179 Å². The minimum Gasteiger partial charge on any atom is -0.473 e. The standard InChI is InChI=1S/C21H23ClN6O2/c1-13-2-5-17(28-24-8-9-25-28)20(26-13)21(29)27-12-14-3-6-16(27)18(10-14)30-19-7-4-15(22)11-23-19/h2,4-5,7-9,11,14,16,18,21,29H,3,6,10,12H2,1H3. The minimum absolute atomic E-state index is 0.0445. The Morgan fingerprint density at radius 3 is 2.73 bits per heavy atom. The molecule has 2 aliphatic heterocycles. The largest absolute Gasteiger partial charge is 0.473 e. The first-order chi connectivity index (χ1) is 14.6. The molecule has 3 aliphatic rings. The van der Waals surface area contributed by atoms with Crippen LogP contribution in [0.2, 0.25) is 5.02 Å². The van der Waals surface area contributed by atoms with Crippen LogP contribution in [0.5, 0.6) is 5.88 Å². The second kappa shape index (κ2) is 7.94. The molecule has 3 fully saturated rings. The molecule has 4 atom stereocenters. The lowest BCUT2D eigenvalue weighted by Gasteiger charge is -2.50. The average molecular weight is 427 g/mol. The fraction of sp³-hybridized carbons (Fsp3) is 0.429. The van der Waals surface area contributed by atoms with Crippen LogP contribution in [0.4, 0.5) is 0 Å². The van der Waals surface area contributed by atoms with E-state index >= 15 is 0 Å². The Balaban J connectivity index is 1.43. The molecule has 2 bridgehead atoms. The average Bonchev–Trinajstić information content (AvgIpc) is 3.30. The smallest absolute Gasteiger partial charge is 0.213 e. The monoisotopic (exact) mass is 426 g/mol. The summed E-state index contributed by atoms with van der Waals surface area (Å²) in [6, 6.07) is 7.43. The number of rotatable bonds is 5. The van der Waals surface area contributed by atoms with Gasteiger partial charge in [0.1, 0.15) is 17.5 Å². The Kier molecular flexibility index (Phi) is 5.14. The second-order valence-corrected chi connectivity index (χ2v) is 8.40. The SMILES string of the molecule is Cc1ccc(-n2nccn2)c(C(O)N2CC3CCC2C(Oc2ccc(Cl)cn2)C3)n1. The van der Waals surface area contributed by atoms with Crippen LogP contribution in [-0.4, -0.2) is 53.7 Å². The van der Waals surface area contributed by atoms with Gasteiger partial charge in [-0.15, -0.1) is 4.80 Å². The zero-order chi connectivity index (χ0) is 20.7. The van der Waals surface area contributed by atoms with Gasteiger partial charge in [-0.25, -0.2) is 4.98 Å². The van der Waals surface area contributed by atoms with E-state index in [9.17, 15) is 5.11 Å². The van der Waals surface area contributed by atoms with Crippen molar-refractivity contribution in [1.82, 2.24) is 29.9 Å². The summed E-state index contributed by atoms with van der Waals surface area (Å²) in [5.41, 5.74) is 2.07. The van der Waals surface area contributed by atoms with Crippen molar-refractivity contribution in [2.45, 2.75) is 44.6 Å². The van der Waals surface area contributed by atoms with Gasteiger partial charge in [0.25, 0.3) is 0 Å². The summed E-state index contributed by atoms with van der Waals surface area (Å²) in [4.78, 5) is 12.5. The predicted octanol–water partition coefficient (Wildman–Crippen LogP) is 2.94. The summed E-state index contributed by atoms with van der Waals surface area (Å²) in [6.07, 6.45) is 6.94. The van der Waals surface area contributed by atoms with E-state index in [1.807, 2.05) is 19.1 Å². The van der Waals surface area contributed by atoms with Crippen molar-refractivity contribution in [1.29, 1.82) is 0 Å². The number of aryl methyl sites for hydroxylation is 1. The summed E-state index contributed by atoms with van der Waals surface area (Å²) in [7, 11) is 0. The Bertz CT molecular complexity index is 1010. The molecule has 6 rings (SSSR count). The Morgan fingerprint density at radius 2 is 2.00 bits per heavy atom. The van der Waals surface area contributed by atoms with E-state index in [4.69, 9.17) is 16.3 Å². The van der Waals surface area contributed by atoms with Crippen molar-refractivity contribution in [3.05, 3.63) is 59.3 Å². The van der Waals surface area contributed by atoms with Crippen LogP contribution >= 0.6 is 11.6 Å². The molecule has 30 heavy (non-hydrogen) atoms. The molecule has 3 aromatic rings. The Hall–Kier alpha value is -2.55. The molecular formula is C21H23ClN6O2. The molecule has 0 aromatic carbocycles. The van der Waals surface area contributed by atoms with Gasteiger partial charge >= 0.3 is 0 Å². The molecule has 0 amide bonds. The third-order valence-corrected chi connectivity index (χ3v) is 6.19. The van der Waals surface area contributed by atoms with Crippen LogP contribution < -0.4 is 4.74 Å². The molecule has 4 unspecified atom stereocenters. The van der Waals surface area contributed by atoms with Crippen molar-refractivity contribution in [2.24, 2.45) is 5.92 Å². The summed E-state index contributed by atoms with van der Waals surface area (Å²) >= 11 is 5.94. The zero-order valence-electron chi connectivity index (χ0n) is 16.6. The third-order valence-electron chi connectivity index (χ3n) is 5.97. The van der Waals surface area contributed by atoms with Crippen LogP contribution in [0.25, 0.3) is 5.69 Å². The molecule has 2 saturated heterocycles. The fourth-order valence-electron chi connectivity index (χ4n) is 4.60. The van der Waals surface area contributed by atoms with Crippen LogP contribution in [0.3, 0.4) is 0 Å². The number of aromatic nitrogens is 5. The number of hydrogen-bond acceptors (Lipinski definition) is 7. The third kappa shape index (κ3) is 3.66. The van der Waals surface area contributed by atoms with E-state index < -0.39 is 6.23 Å². The summed E-state index contributed by atoms with van der Waals surface area (Å²) in [6.45, 7) is 2.72. The number of hydrogen-bond donors (Lipinski definition) is 1. The lowest BCUT2D eigenvalue weighted by atomic mass is 9.77. The highest BCUT2D eigenvalue weighted by Crippen LogP contribution is 2.41. The van der Waals surface area contributed by atoms with Crippen LogP contribution in [0, 0.1) is 12.8 Å². The first-order valence-corrected chi connectivity index (χ1v) is 10.5. The number of pyridine rings is 2. The number of ether oxygens (including phenoxy) is 1. The molecule has 3 aromatic heterocycles. The van der Waals surface area contributed by atoms with E-state index in [2.05, 4.69) is 25.1 Å². The number of aliphatic hydroxyl groups is 1. The first kappa shape index (κ1) is 19.4. The highest BCUT2D eigenvalue weighted by molar-refractivity contribution is 6.30. The highest BCUT2D eigenvalue weighted by Gasteiger charge is 2.45. The van der Waals surface area contributed by atoms with Crippen molar-refractivity contribution >= 4 is 11.6 Å². The molecule has 1 saturated carbocycles. The summed E-state index contributed by atoms with van der Waals surface area (Å²) < 4.78 is 6.21. The number of aliphatic hydroxyl groups excluding tert-OH is 1. The first-order valence-electron chi connectivity index (χ1n) is 10.1. The molecule has 1 N–H and O–H groups in total. The zero-order valence-corrected chi connectivity index (χ0v) is 17.4. The lowest BCUT2D eigenvalue weighted by molar-refractivity contribution is -0.125. The molecule has 156 valence electrons. The highest BCUT2D eigenvalue weighted by atomic mass is 35.5. The molecule has 9 heteroatoms. The van der Waals surface area contributed by atoms with Crippen LogP contribution in [0.1, 0.15) is 36.9 Å². The van der Waals surface area contributed by atoms with Gasteiger partial charge in [-0.1, -0.05) is 11.6 Å². The van der Waals surface area contributed by atoms with Gasteiger partial charge in [-0.2, -0.15) is 10.2 Å². The molecule has 0 spiro atoms. The van der Waals surface area contributed by atoms with E-state index in [0.717, 1.165) is 31.5 Å². The Morgan fingerprint density at radius 1 is 1.17 bits per heavy atom. The van der Waals surface area contributed by atoms with Gasteiger partial charge in [0.2, 0.25) is 5.88 Å². The van der Waals surface area contributed by atoms with Crippen molar-refractivity contribution in [3.8, 4) is 11.6 Å². The van der Waals surface area contributed by atoms with Crippen LogP contribution in [0.15, 0.2) is 42.9 Å². The van der Waals surface area contributed by atoms with E-state index in [-0.39, 0.29) is 12.1 Å². The lowest BCUT2D eigenvalue weighted by Crippen LogP contribution is -2.58. The van der Waals surface area contributed by atoms with Gasteiger partial charge in [-0.3, -0.25) is 9.88 Å². The van der Waals surface area contributed by atoms with E-state index in [0.29, 0.717) is 28.2 Å². The maximum atomic E-state index is 11.4. The topological polar surface area (TPSA) is 89.2 Å². The second-order valence-electron chi connectivity index (χ2n) is 7.96. The maximum Gasteiger partial charge on any atom is 0.213 e. The minimum atomic E-state index is -0.872. The summed E-state index contributed by atoms with van der Waals surface area (Å²) in [5.74, 6) is 1.01. The fourth-order valence-corrected chi connectivity index (χ4v) is 4.71. The number of fused-ring (bicyclic) bond motifs is 3. The van der Waals surface area contributed by atoms with Crippen molar-refractivity contribution in [2.75, 3.05) is 6.54 Å². The van der Waals surface area contributed by atoms with Crippen LogP contribution in [-0.2, 0) is 0 Å². The predicted molar refractivity (Wildman–Crippen MR) is 110 cm³/mol. The molecule has 8 nitrogen and oxygen atoms in total. The number of nitrogens with zero attached hydrogens (tertiary/aromatic N) is 6. The van der Waals surface area contributed by atoms with E-state index in [1.165, 1.54) is 4.80 Å². The molecular weight excluding hydrogens is 404 g/mol. The van der Waals surface area contributed by atoms with E-state index in [1.54, 1.807) is 30.7 Å². The van der Waals surface area contributed by atoms with Gasteiger partial charge in [0.15, 0.2) is 6.23 Å². The van der Waals surface area contributed by atoms with Crippen molar-refractivity contribution < 1.29 is 9.84 Å².